The summed E-state index contributed by atoms with van der Waals surface area (Å²) >= 11 is 0. The number of carbonyl (C=O) groups excluding carboxylic acids is 6. The average Bonchev–Trinajstić information content (AvgIpc) is 3.12. The summed E-state index contributed by atoms with van der Waals surface area (Å²) in [6, 6.07) is 13.2. The smallest absolute Gasteiger partial charge is 0.249 e. The number of nitrogens with one attached hydrogen (secondary N) is 5. The third-order valence-corrected chi connectivity index (χ3v) is 8.50. The van der Waals surface area contributed by atoms with E-state index in [-0.39, 0.29) is 36.8 Å². The molecule has 304 valence electrons. The van der Waals surface area contributed by atoms with Gasteiger partial charge in [-0.05, 0) is 64.5 Å². The molecule has 2 aromatic carbocycles. The quantitative estimate of drug-likeness (QED) is 0.0980. The Balaban J connectivity index is 1.98. The molecular weight excluding hydrogens is 716 g/mol. The van der Waals surface area contributed by atoms with Gasteiger partial charge in [0.2, 0.25) is 34.9 Å². The number of nitrogens with zero attached hydrogens (tertiary/aromatic N) is 1. The van der Waals surface area contributed by atoms with Crippen molar-refractivity contribution in [2.24, 2.45) is 16.8 Å². The topological polar surface area (TPSA) is 193 Å². The first kappa shape index (κ1) is 45.5. The summed E-state index contributed by atoms with van der Waals surface area (Å²) in [6.45, 7) is 17.8. The Kier molecular flexibility index (Phi) is 16.5. The molecule has 4 atom stereocenters. The van der Waals surface area contributed by atoms with Crippen molar-refractivity contribution >= 4 is 41.3 Å². The highest BCUT2D eigenvalue weighted by Gasteiger charge is 2.38. The lowest BCUT2D eigenvalue weighted by Gasteiger charge is -2.28. The van der Waals surface area contributed by atoms with E-state index in [1.54, 1.807) is 88.4 Å². The normalized spacial score (nSPS) is 15.4. The molecule has 3 rings (SSSR count). The number of hydrogen-bond donors (Lipinski definition) is 5. The molecule has 1 aliphatic heterocycles. The maximum Gasteiger partial charge on any atom is 0.249 e. The van der Waals surface area contributed by atoms with E-state index in [0.717, 1.165) is 6.34 Å². The number of amides is 2. The molecule has 2 amide bonds. The molecule has 56 heavy (non-hydrogen) atoms. The summed E-state index contributed by atoms with van der Waals surface area (Å²) in [4.78, 5) is 99.1. The Morgan fingerprint density at radius 2 is 1.04 bits per heavy atom. The van der Waals surface area contributed by atoms with E-state index in [2.05, 4.69) is 31.9 Å². The predicted molar refractivity (Wildman–Crippen MR) is 213 cm³/mol. The highest BCUT2D eigenvalue weighted by molar-refractivity contribution is 6.50. The Morgan fingerprint density at radius 3 is 1.41 bits per heavy atom. The van der Waals surface area contributed by atoms with Gasteiger partial charge < -0.3 is 16.0 Å². The standard InChI is InChI=1S/C42H58N6O8/c1-25(2)32(47-55-41(5,6)7)39(53)45-30(21-27-17-13-11-14-18-27)36(50)35(49)29-23-43-24-44-34(29)38(52)37(51)31(22-28-19-15-12-16-20-28)46-40(54)33(26(3)4)48-56-42(8,9)10/h11-20,24-26,30-33,47-48H,21-23H2,1-10H3,(H,43,44)(H,45,53)(H,46,54)/t30-,31-,32-,33-/m0/s1. The highest BCUT2D eigenvalue weighted by Crippen LogP contribution is 2.18. The molecular formula is C42H58N6O8. The first-order valence-electron chi connectivity index (χ1n) is 18.9. The molecule has 0 spiro atoms. The van der Waals surface area contributed by atoms with E-state index in [1.807, 2.05) is 41.5 Å². The van der Waals surface area contributed by atoms with E-state index in [1.165, 1.54) is 0 Å². The van der Waals surface area contributed by atoms with Crippen molar-refractivity contribution in [1.29, 1.82) is 0 Å². The minimum atomic E-state index is -1.36. The average molecular weight is 775 g/mol. The van der Waals surface area contributed by atoms with Crippen LogP contribution in [0.15, 0.2) is 76.9 Å². The number of Topliss-reactive ketones (excluding diaryl/α,β-unsaturated/α-hetero) is 4. The fourth-order valence-electron chi connectivity index (χ4n) is 5.49. The van der Waals surface area contributed by atoms with E-state index in [4.69, 9.17) is 9.68 Å². The summed E-state index contributed by atoms with van der Waals surface area (Å²) in [7, 11) is 0. The largest absolute Gasteiger partial charge is 0.372 e. The van der Waals surface area contributed by atoms with Crippen LogP contribution in [0, 0.1) is 11.8 Å². The van der Waals surface area contributed by atoms with Crippen molar-refractivity contribution in [3.8, 4) is 0 Å². The lowest BCUT2D eigenvalue weighted by atomic mass is 9.91. The zero-order valence-corrected chi connectivity index (χ0v) is 34.1. The van der Waals surface area contributed by atoms with Crippen LogP contribution in [0.3, 0.4) is 0 Å². The van der Waals surface area contributed by atoms with Crippen LogP contribution >= 0.6 is 0 Å². The Labute approximate surface area is 329 Å². The molecule has 0 bridgehead atoms. The van der Waals surface area contributed by atoms with Gasteiger partial charge in [-0.25, -0.2) is 4.99 Å². The molecule has 2 aromatic rings. The third-order valence-electron chi connectivity index (χ3n) is 8.50. The number of aliphatic imine (C=N–C) groups is 1. The van der Waals surface area contributed by atoms with Crippen LogP contribution in [0.5, 0.6) is 0 Å². The number of ketones is 4. The van der Waals surface area contributed by atoms with Gasteiger partial charge in [0.05, 0.1) is 35.2 Å². The number of rotatable bonds is 20. The predicted octanol–water partition coefficient (Wildman–Crippen LogP) is 3.29. The maximum atomic E-state index is 14.1. The van der Waals surface area contributed by atoms with E-state index in [0.29, 0.717) is 11.1 Å². The first-order valence-corrected chi connectivity index (χ1v) is 18.9. The Bertz CT molecular complexity index is 1760. The van der Waals surface area contributed by atoms with E-state index >= 15 is 0 Å². The van der Waals surface area contributed by atoms with Crippen LogP contribution in [-0.4, -0.2) is 83.2 Å². The molecule has 0 radical (unpaired) electrons. The highest BCUT2D eigenvalue weighted by atomic mass is 16.7. The molecule has 5 N–H and O–H groups in total. The van der Waals surface area contributed by atoms with Crippen LogP contribution < -0.4 is 26.9 Å². The van der Waals surface area contributed by atoms with Crippen LogP contribution in [0.1, 0.15) is 80.4 Å². The zero-order valence-electron chi connectivity index (χ0n) is 34.1. The summed E-state index contributed by atoms with van der Waals surface area (Å²) in [5, 5.41) is 8.20. The van der Waals surface area contributed by atoms with Crippen LogP contribution in [-0.2, 0) is 51.3 Å². The van der Waals surface area contributed by atoms with Gasteiger partial charge in [0.15, 0.2) is 0 Å². The van der Waals surface area contributed by atoms with Gasteiger partial charge in [0.1, 0.15) is 17.8 Å². The monoisotopic (exact) mass is 774 g/mol. The summed E-state index contributed by atoms with van der Waals surface area (Å²) < 4.78 is 0. The van der Waals surface area contributed by atoms with E-state index < -0.39 is 76.0 Å². The van der Waals surface area contributed by atoms with Gasteiger partial charge in [-0.1, -0.05) is 88.4 Å². The van der Waals surface area contributed by atoms with Crippen LogP contribution in [0.25, 0.3) is 0 Å². The minimum Gasteiger partial charge on any atom is -0.372 e. The third kappa shape index (κ3) is 14.0. The lowest BCUT2D eigenvalue weighted by Crippen LogP contribution is -2.55. The summed E-state index contributed by atoms with van der Waals surface area (Å²) in [5.74, 6) is -5.99. The van der Waals surface area contributed by atoms with Crippen molar-refractivity contribution in [2.75, 3.05) is 6.54 Å². The molecule has 0 aromatic heterocycles. The van der Waals surface area contributed by atoms with Gasteiger partial charge in [0.25, 0.3) is 0 Å². The molecule has 0 saturated heterocycles. The molecule has 1 aliphatic rings. The minimum absolute atomic E-state index is 0.0382. The fourth-order valence-corrected chi connectivity index (χ4v) is 5.49. The number of allylic oxidation sites excluding steroid dienone is 1. The SMILES string of the molecule is CC(C)[C@H](NOC(C)(C)C)C(=O)N[C@@H](Cc1ccccc1)C(=O)C(=O)C1=C(C(=O)C(=O)[C@H](Cc2ccccc2)NC(=O)[C@@H](NOC(C)(C)C)C(C)C)N=CNC1. The number of hydroxylamine groups is 2. The van der Waals surface area contributed by atoms with Crippen LogP contribution in [0.2, 0.25) is 0 Å². The first-order chi connectivity index (χ1) is 26.2. The zero-order chi connectivity index (χ0) is 41.8. The number of hydrogen-bond acceptors (Lipinski definition) is 12. The van der Waals surface area contributed by atoms with Gasteiger partial charge in [-0.3, -0.25) is 38.4 Å². The number of benzene rings is 2. The molecule has 14 nitrogen and oxygen atoms in total. The van der Waals surface area contributed by atoms with Crippen molar-refractivity contribution in [2.45, 2.75) is 117 Å². The van der Waals surface area contributed by atoms with Gasteiger partial charge in [-0.2, -0.15) is 11.0 Å². The van der Waals surface area contributed by atoms with Gasteiger partial charge in [-0.15, -0.1) is 0 Å². The lowest BCUT2D eigenvalue weighted by molar-refractivity contribution is -0.142. The second kappa shape index (κ2) is 20.3. The molecule has 14 heteroatoms. The maximum absolute atomic E-state index is 14.1. The van der Waals surface area contributed by atoms with Gasteiger partial charge >= 0.3 is 0 Å². The molecule has 0 saturated carbocycles. The summed E-state index contributed by atoms with van der Waals surface area (Å²) in [6.07, 6.45) is 1.07. The van der Waals surface area contributed by atoms with Crippen molar-refractivity contribution < 1.29 is 38.4 Å². The molecule has 0 unspecified atom stereocenters. The second-order valence-electron chi connectivity index (χ2n) is 16.5. The Hall–Kier alpha value is -4.89. The summed E-state index contributed by atoms with van der Waals surface area (Å²) in [5.41, 5.74) is 4.79. The molecule has 1 heterocycles. The molecule has 0 fully saturated rings. The van der Waals surface area contributed by atoms with Crippen molar-refractivity contribution in [3.05, 3.63) is 83.1 Å². The molecule has 0 aliphatic carbocycles. The van der Waals surface area contributed by atoms with E-state index in [9.17, 15) is 28.8 Å². The Morgan fingerprint density at radius 1 is 0.643 bits per heavy atom. The van der Waals surface area contributed by atoms with Crippen LogP contribution in [0.4, 0.5) is 0 Å². The van der Waals surface area contributed by atoms with Gasteiger partial charge in [0, 0.05) is 19.4 Å². The van der Waals surface area contributed by atoms with Crippen molar-refractivity contribution in [3.63, 3.8) is 0 Å². The fraction of sp³-hybridized carbons (Fsp3) is 0.500. The number of carbonyl (C=O) groups is 6. The van der Waals surface area contributed by atoms with Crippen molar-refractivity contribution in [1.82, 2.24) is 26.9 Å². The second-order valence-corrected chi connectivity index (χ2v) is 16.5.